The van der Waals surface area contributed by atoms with Crippen LogP contribution >= 0.6 is 11.6 Å². The molecule has 0 aliphatic heterocycles. The van der Waals surface area contributed by atoms with E-state index < -0.39 is 5.82 Å². The van der Waals surface area contributed by atoms with E-state index in [-0.39, 0.29) is 5.02 Å². The molecular weight excluding hydrogens is 255 g/mol. The van der Waals surface area contributed by atoms with Crippen LogP contribution in [0.3, 0.4) is 0 Å². The molecule has 1 heterocycles. The summed E-state index contributed by atoms with van der Waals surface area (Å²) in [7, 11) is 0. The lowest BCUT2D eigenvalue weighted by Crippen LogP contribution is -2.21. The minimum Gasteiger partial charge on any atom is -0.309 e. The van der Waals surface area contributed by atoms with Crippen molar-refractivity contribution in [3.63, 3.8) is 0 Å². The van der Waals surface area contributed by atoms with Gasteiger partial charge >= 0.3 is 0 Å². The number of hydrogen-bond acceptors (Lipinski definition) is 3. The highest BCUT2D eigenvalue weighted by atomic mass is 35.5. The normalized spacial score (nSPS) is 11.2. The maximum Gasteiger partial charge on any atom is 0.167 e. The van der Waals surface area contributed by atoms with Crippen molar-refractivity contribution in [3.05, 3.63) is 40.9 Å². The molecule has 1 aromatic carbocycles. The Labute approximate surface area is 110 Å². The van der Waals surface area contributed by atoms with Crippen molar-refractivity contribution in [3.8, 4) is 5.69 Å². The molecule has 4 nitrogen and oxygen atoms in total. The fourth-order valence-electron chi connectivity index (χ4n) is 1.48. The van der Waals surface area contributed by atoms with Gasteiger partial charge in [-0.15, -0.1) is 5.10 Å². The zero-order chi connectivity index (χ0) is 13.1. The fraction of sp³-hybridized carbons (Fsp3) is 0.333. The smallest absolute Gasteiger partial charge is 0.167 e. The van der Waals surface area contributed by atoms with Crippen LogP contribution in [0.1, 0.15) is 19.5 Å². The first-order valence-electron chi connectivity index (χ1n) is 5.67. The average molecular weight is 269 g/mol. The van der Waals surface area contributed by atoms with E-state index in [1.165, 1.54) is 10.7 Å². The Hall–Kier alpha value is -1.46. The van der Waals surface area contributed by atoms with Crippen molar-refractivity contribution in [1.82, 2.24) is 20.3 Å². The number of hydrogen-bond donors (Lipinski definition) is 1. The summed E-state index contributed by atoms with van der Waals surface area (Å²) in [4.78, 5) is 0. The van der Waals surface area contributed by atoms with E-state index in [1.807, 2.05) is 13.8 Å². The quantitative estimate of drug-likeness (QED) is 0.927. The van der Waals surface area contributed by atoms with Crippen LogP contribution in [-0.4, -0.2) is 21.0 Å². The van der Waals surface area contributed by atoms with Gasteiger partial charge in [0.05, 0.1) is 16.9 Å². The molecule has 0 fully saturated rings. The highest BCUT2D eigenvalue weighted by molar-refractivity contribution is 6.30. The number of aromatic nitrogens is 3. The molecule has 2 rings (SSSR count). The highest BCUT2D eigenvalue weighted by Crippen LogP contribution is 2.20. The first-order chi connectivity index (χ1) is 8.58. The van der Waals surface area contributed by atoms with E-state index in [0.717, 1.165) is 5.69 Å². The summed E-state index contributed by atoms with van der Waals surface area (Å²) >= 11 is 5.72. The molecule has 96 valence electrons. The molecule has 0 aliphatic carbocycles. The van der Waals surface area contributed by atoms with E-state index >= 15 is 0 Å². The Kier molecular flexibility index (Phi) is 3.93. The topological polar surface area (TPSA) is 42.7 Å². The Morgan fingerprint density at radius 2 is 2.22 bits per heavy atom. The Balaban J connectivity index is 2.21. The molecule has 0 saturated carbocycles. The van der Waals surface area contributed by atoms with Crippen molar-refractivity contribution in [1.29, 1.82) is 0 Å². The van der Waals surface area contributed by atoms with Crippen LogP contribution in [0.5, 0.6) is 0 Å². The Morgan fingerprint density at radius 1 is 1.44 bits per heavy atom. The molecule has 0 aliphatic rings. The average Bonchev–Trinajstić information content (AvgIpc) is 2.78. The van der Waals surface area contributed by atoms with Crippen LogP contribution < -0.4 is 5.32 Å². The van der Waals surface area contributed by atoms with Gasteiger partial charge in [0.1, 0.15) is 5.69 Å². The molecule has 0 radical (unpaired) electrons. The minimum atomic E-state index is -0.493. The third kappa shape index (κ3) is 2.86. The first-order valence-corrected chi connectivity index (χ1v) is 6.04. The van der Waals surface area contributed by atoms with Gasteiger partial charge in [0.25, 0.3) is 0 Å². The molecule has 0 spiro atoms. The van der Waals surface area contributed by atoms with Crippen LogP contribution in [0.4, 0.5) is 4.39 Å². The van der Waals surface area contributed by atoms with E-state index in [4.69, 9.17) is 11.6 Å². The van der Waals surface area contributed by atoms with Gasteiger partial charge in [0.15, 0.2) is 5.82 Å². The van der Waals surface area contributed by atoms with Crippen molar-refractivity contribution >= 4 is 11.6 Å². The third-order valence-corrected chi connectivity index (χ3v) is 2.70. The summed E-state index contributed by atoms with van der Waals surface area (Å²) < 4.78 is 15.2. The van der Waals surface area contributed by atoms with Crippen molar-refractivity contribution in [2.75, 3.05) is 0 Å². The maximum atomic E-state index is 13.8. The molecule has 0 saturated heterocycles. The summed E-state index contributed by atoms with van der Waals surface area (Å²) in [6.45, 7) is 4.68. The SMILES string of the molecule is CC(C)NCc1cn(-c2cccc(Cl)c2F)nn1. The highest BCUT2D eigenvalue weighted by Gasteiger charge is 2.10. The lowest BCUT2D eigenvalue weighted by Gasteiger charge is -2.04. The largest absolute Gasteiger partial charge is 0.309 e. The van der Waals surface area contributed by atoms with E-state index in [2.05, 4.69) is 15.6 Å². The molecule has 18 heavy (non-hydrogen) atoms. The fourth-order valence-corrected chi connectivity index (χ4v) is 1.64. The molecular formula is C12H14ClFN4. The maximum absolute atomic E-state index is 13.8. The lowest BCUT2D eigenvalue weighted by atomic mass is 10.3. The molecule has 0 amide bonds. The minimum absolute atomic E-state index is 0.0739. The Bertz CT molecular complexity index is 539. The molecule has 0 atom stereocenters. The van der Waals surface area contributed by atoms with E-state index in [9.17, 15) is 4.39 Å². The van der Waals surface area contributed by atoms with Crippen LogP contribution in [0.15, 0.2) is 24.4 Å². The van der Waals surface area contributed by atoms with E-state index in [0.29, 0.717) is 18.3 Å². The van der Waals surface area contributed by atoms with E-state index in [1.54, 1.807) is 18.3 Å². The van der Waals surface area contributed by atoms with Gasteiger partial charge in [-0.25, -0.2) is 9.07 Å². The summed E-state index contributed by atoms with van der Waals surface area (Å²) in [5, 5.41) is 11.2. The second-order valence-electron chi connectivity index (χ2n) is 4.26. The number of halogens is 2. The van der Waals surface area contributed by atoms with Gasteiger partial charge in [-0.1, -0.05) is 36.7 Å². The number of nitrogens with zero attached hydrogens (tertiary/aromatic N) is 3. The van der Waals surface area contributed by atoms with Gasteiger partial charge in [0.2, 0.25) is 0 Å². The second kappa shape index (κ2) is 5.46. The van der Waals surface area contributed by atoms with Crippen LogP contribution in [-0.2, 0) is 6.54 Å². The Morgan fingerprint density at radius 3 is 2.94 bits per heavy atom. The molecule has 1 N–H and O–H groups in total. The number of nitrogens with one attached hydrogen (secondary N) is 1. The monoisotopic (exact) mass is 268 g/mol. The third-order valence-electron chi connectivity index (χ3n) is 2.41. The predicted molar refractivity (Wildman–Crippen MR) is 68.3 cm³/mol. The van der Waals surface area contributed by atoms with Crippen molar-refractivity contribution in [2.24, 2.45) is 0 Å². The zero-order valence-corrected chi connectivity index (χ0v) is 10.9. The first kappa shape index (κ1) is 13.0. The zero-order valence-electron chi connectivity index (χ0n) is 10.2. The van der Waals surface area contributed by atoms with Crippen molar-refractivity contribution < 1.29 is 4.39 Å². The van der Waals surface area contributed by atoms with Crippen LogP contribution in [0.25, 0.3) is 5.69 Å². The van der Waals surface area contributed by atoms with Crippen molar-refractivity contribution in [2.45, 2.75) is 26.4 Å². The standard InChI is InChI=1S/C12H14ClFN4/c1-8(2)15-6-9-7-18(17-16-9)11-5-3-4-10(13)12(11)14/h3-5,7-8,15H,6H2,1-2H3. The second-order valence-corrected chi connectivity index (χ2v) is 4.67. The molecule has 6 heteroatoms. The number of rotatable bonds is 4. The summed E-state index contributed by atoms with van der Waals surface area (Å²) in [6, 6.07) is 5.14. The summed E-state index contributed by atoms with van der Waals surface area (Å²) in [5.41, 5.74) is 1.05. The van der Waals surface area contributed by atoms with Crippen LogP contribution in [0.2, 0.25) is 5.02 Å². The van der Waals surface area contributed by atoms with Gasteiger partial charge in [-0.3, -0.25) is 0 Å². The lowest BCUT2D eigenvalue weighted by molar-refractivity contribution is 0.580. The molecule has 1 aromatic heterocycles. The van der Waals surface area contributed by atoms with Gasteiger partial charge in [0, 0.05) is 12.6 Å². The molecule has 0 bridgehead atoms. The molecule has 2 aromatic rings. The van der Waals surface area contributed by atoms with Gasteiger partial charge < -0.3 is 5.32 Å². The van der Waals surface area contributed by atoms with Crippen LogP contribution in [0, 0.1) is 5.82 Å². The summed E-state index contributed by atoms with van der Waals surface area (Å²) in [6.07, 6.45) is 1.68. The predicted octanol–water partition coefficient (Wildman–Crippen LogP) is 2.56. The summed E-state index contributed by atoms with van der Waals surface area (Å²) in [5.74, 6) is -0.493. The number of benzene rings is 1. The molecule has 0 unspecified atom stereocenters. The van der Waals surface area contributed by atoms with Gasteiger partial charge in [-0.2, -0.15) is 0 Å². The van der Waals surface area contributed by atoms with Gasteiger partial charge in [-0.05, 0) is 12.1 Å².